The molecule has 1 atom stereocenters. The van der Waals surface area contributed by atoms with Crippen LogP contribution in [0.2, 0.25) is 0 Å². The van der Waals surface area contributed by atoms with E-state index in [0.29, 0.717) is 18.2 Å². The van der Waals surface area contributed by atoms with Crippen molar-refractivity contribution in [2.75, 3.05) is 0 Å². The van der Waals surface area contributed by atoms with Gasteiger partial charge in [-0.3, -0.25) is 9.59 Å². The summed E-state index contributed by atoms with van der Waals surface area (Å²) < 4.78 is 42.4. The van der Waals surface area contributed by atoms with Crippen molar-refractivity contribution in [2.45, 2.75) is 25.6 Å². The van der Waals surface area contributed by atoms with E-state index in [1.54, 1.807) is 24.0 Å². The molecule has 2 heterocycles. The van der Waals surface area contributed by atoms with Crippen molar-refractivity contribution in [2.24, 2.45) is 0 Å². The average molecular weight is 314 g/mol. The predicted molar refractivity (Wildman–Crippen MR) is 71.4 cm³/mol. The standard InChI is InChI=1S/C14H13F3N2O3/c1-8(7-9-3-2-6-22-9)18-12(20)10-4-5-11(14(15,16)17)19-13(10)21/h2-6,8H,7H2,1H3,(H,18,20)(H,19,21). The molecule has 0 saturated heterocycles. The molecule has 1 unspecified atom stereocenters. The number of rotatable bonds is 4. The van der Waals surface area contributed by atoms with Crippen LogP contribution in [0, 0.1) is 0 Å². The molecule has 0 spiro atoms. The molecular weight excluding hydrogens is 301 g/mol. The van der Waals surface area contributed by atoms with Gasteiger partial charge in [-0.1, -0.05) is 0 Å². The molecule has 5 nitrogen and oxygen atoms in total. The quantitative estimate of drug-likeness (QED) is 0.909. The molecule has 0 radical (unpaired) electrons. The summed E-state index contributed by atoms with van der Waals surface area (Å²) in [4.78, 5) is 25.2. The second kappa shape index (κ2) is 6.08. The van der Waals surface area contributed by atoms with Gasteiger partial charge in [0.15, 0.2) is 0 Å². The number of hydrogen-bond donors (Lipinski definition) is 2. The van der Waals surface area contributed by atoms with Crippen LogP contribution >= 0.6 is 0 Å². The summed E-state index contributed by atoms with van der Waals surface area (Å²) >= 11 is 0. The number of halogens is 3. The number of carbonyl (C=O) groups excluding carboxylic acids is 1. The Morgan fingerprint density at radius 3 is 2.64 bits per heavy atom. The van der Waals surface area contributed by atoms with Gasteiger partial charge in [-0.25, -0.2) is 0 Å². The van der Waals surface area contributed by atoms with E-state index in [1.807, 2.05) is 0 Å². The van der Waals surface area contributed by atoms with Gasteiger partial charge in [0.2, 0.25) is 0 Å². The van der Waals surface area contributed by atoms with E-state index in [0.717, 1.165) is 6.07 Å². The minimum atomic E-state index is -4.67. The Morgan fingerprint density at radius 1 is 1.36 bits per heavy atom. The summed E-state index contributed by atoms with van der Waals surface area (Å²) in [5, 5.41) is 2.53. The molecule has 2 rings (SSSR count). The molecule has 2 N–H and O–H groups in total. The SMILES string of the molecule is CC(Cc1ccco1)NC(=O)c1ccc(C(F)(F)F)[nH]c1=O. The Kier molecular flexibility index (Phi) is 4.39. The topological polar surface area (TPSA) is 75.1 Å². The third-order valence-corrected chi connectivity index (χ3v) is 2.92. The van der Waals surface area contributed by atoms with Gasteiger partial charge < -0.3 is 14.7 Å². The number of amides is 1. The minimum Gasteiger partial charge on any atom is -0.469 e. The molecule has 8 heteroatoms. The number of alkyl halides is 3. The van der Waals surface area contributed by atoms with Crippen LogP contribution in [-0.4, -0.2) is 16.9 Å². The van der Waals surface area contributed by atoms with Crippen molar-refractivity contribution in [1.29, 1.82) is 0 Å². The number of pyridine rings is 1. The summed E-state index contributed by atoms with van der Waals surface area (Å²) in [6, 6.07) is 4.60. The molecule has 2 aromatic heterocycles. The molecule has 0 aliphatic heterocycles. The van der Waals surface area contributed by atoms with Crippen molar-refractivity contribution in [1.82, 2.24) is 10.3 Å². The predicted octanol–water partition coefficient (Wildman–Crippen LogP) is 2.35. The normalized spacial score (nSPS) is 12.9. The average Bonchev–Trinajstić information content (AvgIpc) is 2.89. The lowest BCUT2D eigenvalue weighted by molar-refractivity contribution is -0.141. The Hall–Kier alpha value is -2.51. The van der Waals surface area contributed by atoms with Crippen LogP contribution in [0.5, 0.6) is 0 Å². The first-order valence-electron chi connectivity index (χ1n) is 6.41. The molecule has 0 saturated carbocycles. The van der Waals surface area contributed by atoms with E-state index in [-0.39, 0.29) is 11.6 Å². The Morgan fingerprint density at radius 2 is 2.09 bits per heavy atom. The molecule has 0 aliphatic carbocycles. The van der Waals surface area contributed by atoms with Crippen LogP contribution < -0.4 is 10.9 Å². The van der Waals surface area contributed by atoms with Crippen LogP contribution in [-0.2, 0) is 12.6 Å². The van der Waals surface area contributed by atoms with Gasteiger partial charge in [-0.2, -0.15) is 13.2 Å². The molecule has 0 aromatic carbocycles. The van der Waals surface area contributed by atoms with E-state index < -0.39 is 23.3 Å². The molecule has 0 fully saturated rings. The highest BCUT2D eigenvalue weighted by atomic mass is 19.4. The van der Waals surface area contributed by atoms with Crippen molar-refractivity contribution in [3.05, 3.63) is 57.9 Å². The Bertz CT molecular complexity index is 705. The highest BCUT2D eigenvalue weighted by Crippen LogP contribution is 2.26. The highest BCUT2D eigenvalue weighted by Gasteiger charge is 2.32. The van der Waals surface area contributed by atoms with Gasteiger partial charge in [0.05, 0.1) is 6.26 Å². The van der Waals surface area contributed by atoms with Crippen LogP contribution in [0.4, 0.5) is 13.2 Å². The molecular formula is C14H13F3N2O3. The second-order valence-electron chi connectivity index (χ2n) is 4.77. The number of hydrogen-bond acceptors (Lipinski definition) is 3. The highest BCUT2D eigenvalue weighted by molar-refractivity contribution is 5.93. The maximum atomic E-state index is 12.4. The van der Waals surface area contributed by atoms with E-state index in [2.05, 4.69) is 5.32 Å². The van der Waals surface area contributed by atoms with Crippen molar-refractivity contribution < 1.29 is 22.4 Å². The molecule has 0 bridgehead atoms. The Labute approximate surface area is 123 Å². The van der Waals surface area contributed by atoms with Gasteiger partial charge in [0.25, 0.3) is 11.5 Å². The monoisotopic (exact) mass is 314 g/mol. The molecule has 1 amide bonds. The number of nitrogens with one attached hydrogen (secondary N) is 2. The first-order valence-corrected chi connectivity index (χ1v) is 6.41. The summed E-state index contributed by atoms with van der Waals surface area (Å²) in [5.41, 5.74) is -2.66. The fourth-order valence-corrected chi connectivity index (χ4v) is 1.90. The van der Waals surface area contributed by atoms with E-state index >= 15 is 0 Å². The van der Waals surface area contributed by atoms with Crippen LogP contribution in [0.25, 0.3) is 0 Å². The van der Waals surface area contributed by atoms with Gasteiger partial charge in [-0.05, 0) is 31.2 Å². The smallest absolute Gasteiger partial charge is 0.431 e. The number of furan rings is 1. The molecule has 22 heavy (non-hydrogen) atoms. The molecule has 0 aliphatic rings. The van der Waals surface area contributed by atoms with Crippen LogP contribution in [0.1, 0.15) is 28.7 Å². The zero-order valence-corrected chi connectivity index (χ0v) is 11.5. The number of carbonyl (C=O) groups is 1. The fraction of sp³-hybridized carbons (Fsp3) is 0.286. The van der Waals surface area contributed by atoms with Crippen LogP contribution in [0.3, 0.4) is 0 Å². The van der Waals surface area contributed by atoms with Crippen molar-refractivity contribution in [3.63, 3.8) is 0 Å². The number of aromatic nitrogens is 1. The zero-order valence-electron chi connectivity index (χ0n) is 11.5. The second-order valence-corrected chi connectivity index (χ2v) is 4.77. The molecule has 118 valence electrons. The third kappa shape index (κ3) is 3.78. The summed E-state index contributed by atoms with van der Waals surface area (Å²) in [5.74, 6) is -0.0943. The summed E-state index contributed by atoms with van der Waals surface area (Å²) in [6.45, 7) is 1.69. The summed E-state index contributed by atoms with van der Waals surface area (Å²) in [6.07, 6.45) is -2.78. The first kappa shape index (κ1) is 15.9. The van der Waals surface area contributed by atoms with E-state index in [1.165, 1.54) is 6.26 Å². The third-order valence-electron chi connectivity index (χ3n) is 2.92. The molecule has 2 aromatic rings. The van der Waals surface area contributed by atoms with Gasteiger partial charge in [-0.15, -0.1) is 0 Å². The maximum Gasteiger partial charge on any atom is 0.431 e. The lowest BCUT2D eigenvalue weighted by Crippen LogP contribution is -2.37. The minimum absolute atomic E-state index is 0.347. The lowest BCUT2D eigenvalue weighted by atomic mass is 10.1. The van der Waals surface area contributed by atoms with Crippen molar-refractivity contribution in [3.8, 4) is 0 Å². The zero-order chi connectivity index (χ0) is 16.3. The first-order chi connectivity index (χ1) is 10.3. The largest absolute Gasteiger partial charge is 0.469 e. The lowest BCUT2D eigenvalue weighted by Gasteiger charge is -2.12. The van der Waals surface area contributed by atoms with Crippen LogP contribution in [0.15, 0.2) is 39.7 Å². The van der Waals surface area contributed by atoms with E-state index in [4.69, 9.17) is 4.42 Å². The van der Waals surface area contributed by atoms with Gasteiger partial charge in [0.1, 0.15) is 17.0 Å². The van der Waals surface area contributed by atoms with Crippen molar-refractivity contribution >= 4 is 5.91 Å². The fourth-order valence-electron chi connectivity index (χ4n) is 1.90. The van der Waals surface area contributed by atoms with E-state index in [9.17, 15) is 22.8 Å². The maximum absolute atomic E-state index is 12.4. The number of aromatic amines is 1. The van der Waals surface area contributed by atoms with Gasteiger partial charge >= 0.3 is 6.18 Å². The van der Waals surface area contributed by atoms with Gasteiger partial charge in [0, 0.05) is 12.5 Å². The number of H-pyrrole nitrogens is 1. The Balaban J connectivity index is 2.08. The summed E-state index contributed by atoms with van der Waals surface area (Å²) in [7, 11) is 0.